The van der Waals surface area contributed by atoms with Gasteiger partial charge in [-0.2, -0.15) is 0 Å². The Bertz CT molecular complexity index is 394. The first kappa shape index (κ1) is 10.4. The van der Waals surface area contributed by atoms with Crippen molar-refractivity contribution in [1.29, 1.82) is 0 Å². The second-order valence-electron chi connectivity index (χ2n) is 3.53. The van der Waals surface area contributed by atoms with Gasteiger partial charge < -0.3 is 5.32 Å². The van der Waals surface area contributed by atoms with Gasteiger partial charge in [0.05, 0.1) is 0 Å². The minimum atomic E-state index is -0.0563. The number of carbonyl (C=O) groups excluding carboxylic acids is 1. The van der Waals surface area contributed by atoms with Gasteiger partial charge in [0.1, 0.15) is 5.82 Å². The fourth-order valence-electron chi connectivity index (χ4n) is 1.65. The van der Waals surface area contributed by atoms with Gasteiger partial charge in [-0.05, 0) is 40.9 Å². The van der Waals surface area contributed by atoms with Crippen LogP contribution in [0, 0.1) is 6.92 Å². The molecule has 1 aliphatic rings. The molecule has 2 rings (SSSR count). The summed E-state index contributed by atoms with van der Waals surface area (Å²) in [6.07, 6.45) is 2.67. The summed E-state index contributed by atoms with van der Waals surface area (Å²) >= 11 is 3.35. The number of nitrogens with one attached hydrogen (secondary N) is 1. The molecule has 0 aliphatic carbocycles. The highest BCUT2D eigenvalue weighted by Crippen LogP contribution is 2.21. The van der Waals surface area contributed by atoms with Crippen molar-refractivity contribution < 1.29 is 4.79 Å². The standard InChI is InChI=1S/C10H12BrN3O/c1-7-5-8(11)6-13-9(7)14-4-2-3-12-10(14)15/h5-6H,2-4H2,1H3,(H,12,15). The number of pyridine rings is 1. The van der Waals surface area contributed by atoms with Gasteiger partial charge in [-0.3, -0.25) is 4.90 Å². The molecule has 4 nitrogen and oxygen atoms in total. The fourth-order valence-corrected chi connectivity index (χ4v) is 2.09. The molecule has 0 bridgehead atoms. The third-order valence-electron chi connectivity index (χ3n) is 2.35. The quantitative estimate of drug-likeness (QED) is 0.849. The van der Waals surface area contributed by atoms with E-state index in [2.05, 4.69) is 26.2 Å². The third kappa shape index (κ3) is 2.12. The number of anilines is 1. The zero-order chi connectivity index (χ0) is 10.8. The summed E-state index contributed by atoms with van der Waals surface area (Å²) in [5.41, 5.74) is 1.00. The summed E-state index contributed by atoms with van der Waals surface area (Å²) in [6.45, 7) is 3.45. The lowest BCUT2D eigenvalue weighted by Crippen LogP contribution is -2.47. The van der Waals surface area contributed by atoms with Crippen LogP contribution < -0.4 is 10.2 Å². The van der Waals surface area contributed by atoms with Crippen LogP contribution in [0.25, 0.3) is 0 Å². The Kier molecular flexibility index (Phi) is 2.90. The maximum atomic E-state index is 11.6. The maximum absolute atomic E-state index is 11.6. The molecule has 1 aliphatic heterocycles. The number of halogens is 1. The maximum Gasteiger partial charge on any atom is 0.323 e. The monoisotopic (exact) mass is 269 g/mol. The molecular weight excluding hydrogens is 258 g/mol. The lowest BCUT2D eigenvalue weighted by Gasteiger charge is -2.27. The zero-order valence-electron chi connectivity index (χ0n) is 8.46. The molecule has 15 heavy (non-hydrogen) atoms. The molecule has 0 atom stereocenters. The van der Waals surface area contributed by atoms with Gasteiger partial charge in [-0.15, -0.1) is 0 Å². The van der Waals surface area contributed by atoms with Crippen LogP contribution in [-0.4, -0.2) is 24.1 Å². The first-order valence-corrected chi connectivity index (χ1v) is 5.65. The first-order chi connectivity index (χ1) is 7.18. The molecule has 1 fully saturated rings. The average molecular weight is 270 g/mol. The van der Waals surface area contributed by atoms with Crippen LogP contribution in [0.15, 0.2) is 16.7 Å². The largest absolute Gasteiger partial charge is 0.338 e. The molecule has 5 heteroatoms. The van der Waals surface area contributed by atoms with Crippen LogP contribution in [0.3, 0.4) is 0 Å². The van der Waals surface area contributed by atoms with Crippen molar-refractivity contribution in [3.8, 4) is 0 Å². The molecule has 80 valence electrons. The van der Waals surface area contributed by atoms with Gasteiger partial charge in [-0.1, -0.05) is 0 Å². The Labute approximate surface area is 96.8 Å². The van der Waals surface area contributed by atoms with E-state index in [1.165, 1.54) is 0 Å². The Hall–Kier alpha value is -1.10. The molecule has 1 aromatic rings. The Morgan fingerprint density at radius 3 is 3.07 bits per heavy atom. The van der Waals surface area contributed by atoms with Gasteiger partial charge in [0.25, 0.3) is 0 Å². The molecule has 1 aromatic heterocycles. The average Bonchev–Trinajstić information content (AvgIpc) is 2.20. The molecule has 2 heterocycles. The van der Waals surface area contributed by atoms with Crippen molar-refractivity contribution >= 4 is 27.8 Å². The molecular formula is C10H12BrN3O. The molecule has 0 saturated carbocycles. The van der Waals surface area contributed by atoms with E-state index >= 15 is 0 Å². The summed E-state index contributed by atoms with van der Waals surface area (Å²) in [6, 6.07) is 1.91. The predicted molar refractivity (Wildman–Crippen MR) is 62.0 cm³/mol. The van der Waals surface area contributed by atoms with E-state index in [1.807, 2.05) is 13.0 Å². The summed E-state index contributed by atoms with van der Waals surface area (Å²) in [4.78, 5) is 17.6. The highest BCUT2D eigenvalue weighted by Gasteiger charge is 2.21. The van der Waals surface area contributed by atoms with Crippen LogP contribution in [0.2, 0.25) is 0 Å². The number of aryl methyl sites for hydroxylation is 1. The van der Waals surface area contributed by atoms with Crippen LogP contribution in [0.4, 0.5) is 10.6 Å². The first-order valence-electron chi connectivity index (χ1n) is 4.86. The van der Waals surface area contributed by atoms with E-state index in [0.717, 1.165) is 35.4 Å². The van der Waals surface area contributed by atoms with E-state index in [1.54, 1.807) is 11.1 Å². The highest BCUT2D eigenvalue weighted by molar-refractivity contribution is 9.10. The van der Waals surface area contributed by atoms with Crippen LogP contribution in [0.1, 0.15) is 12.0 Å². The number of hydrogen-bond donors (Lipinski definition) is 1. The van der Waals surface area contributed by atoms with Crippen molar-refractivity contribution in [1.82, 2.24) is 10.3 Å². The van der Waals surface area contributed by atoms with Crippen molar-refractivity contribution in [3.05, 3.63) is 22.3 Å². The van der Waals surface area contributed by atoms with E-state index in [9.17, 15) is 4.79 Å². The van der Waals surface area contributed by atoms with Crippen molar-refractivity contribution in [3.63, 3.8) is 0 Å². The number of rotatable bonds is 1. The minimum Gasteiger partial charge on any atom is -0.338 e. The van der Waals surface area contributed by atoms with Crippen LogP contribution >= 0.6 is 15.9 Å². The van der Waals surface area contributed by atoms with Gasteiger partial charge in [0.15, 0.2) is 0 Å². The number of nitrogens with zero attached hydrogens (tertiary/aromatic N) is 2. The molecule has 0 unspecified atom stereocenters. The molecule has 0 spiro atoms. The molecule has 2 amide bonds. The van der Waals surface area contributed by atoms with Crippen molar-refractivity contribution in [2.45, 2.75) is 13.3 Å². The van der Waals surface area contributed by atoms with Gasteiger partial charge in [0.2, 0.25) is 0 Å². The van der Waals surface area contributed by atoms with Crippen molar-refractivity contribution in [2.75, 3.05) is 18.0 Å². The fraction of sp³-hybridized carbons (Fsp3) is 0.400. The predicted octanol–water partition coefficient (Wildman–Crippen LogP) is 2.07. The SMILES string of the molecule is Cc1cc(Br)cnc1N1CCCNC1=O. The van der Waals surface area contributed by atoms with Gasteiger partial charge >= 0.3 is 6.03 Å². The van der Waals surface area contributed by atoms with Gasteiger partial charge in [0, 0.05) is 23.8 Å². The summed E-state index contributed by atoms with van der Waals surface area (Å²) in [7, 11) is 0. The molecule has 0 radical (unpaired) electrons. The number of aromatic nitrogens is 1. The smallest absolute Gasteiger partial charge is 0.323 e. The molecule has 1 N–H and O–H groups in total. The normalized spacial score (nSPS) is 16.4. The van der Waals surface area contributed by atoms with Gasteiger partial charge in [-0.25, -0.2) is 9.78 Å². The van der Waals surface area contributed by atoms with E-state index < -0.39 is 0 Å². The number of hydrogen-bond acceptors (Lipinski definition) is 2. The zero-order valence-corrected chi connectivity index (χ0v) is 10.0. The minimum absolute atomic E-state index is 0.0563. The topological polar surface area (TPSA) is 45.2 Å². The van der Waals surface area contributed by atoms with E-state index in [0.29, 0.717) is 0 Å². The van der Waals surface area contributed by atoms with E-state index in [-0.39, 0.29) is 6.03 Å². The summed E-state index contributed by atoms with van der Waals surface area (Å²) < 4.78 is 0.932. The third-order valence-corrected chi connectivity index (χ3v) is 2.79. The highest BCUT2D eigenvalue weighted by atomic mass is 79.9. The Morgan fingerprint density at radius 2 is 2.40 bits per heavy atom. The second-order valence-corrected chi connectivity index (χ2v) is 4.45. The molecule has 1 saturated heterocycles. The Morgan fingerprint density at radius 1 is 1.60 bits per heavy atom. The lowest BCUT2D eigenvalue weighted by atomic mass is 10.2. The second kappa shape index (κ2) is 4.18. The van der Waals surface area contributed by atoms with Crippen LogP contribution in [0.5, 0.6) is 0 Å². The summed E-state index contributed by atoms with van der Waals surface area (Å²) in [5.74, 6) is 0.746. The molecule has 0 aromatic carbocycles. The Balaban J connectivity index is 2.31. The van der Waals surface area contributed by atoms with E-state index in [4.69, 9.17) is 0 Å². The number of amides is 2. The number of urea groups is 1. The van der Waals surface area contributed by atoms with Crippen molar-refractivity contribution in [2.24, 2.45) is 0 Å². The lowest BCUT2D eigenvalue weighted by molar-refractivity contribution is 0.242. The summed E-state index contributed by atoms with van der Waals surface area (Å²) in [5, 5.41) is 2.81. The number of carbonyl (C=O) groups is 1. The van der Waals surface area contributed by atoms with Crippen LogP contribution in [-0.2, 0) is 0 Å².